The van der Waals surface area contributed by atoms with Gasteiger partial charge in [-0.3, -0.25) is 14.9 Å². The summed E-state index contributed by atoms with van der Waals surface area (Å²) >= 11 is 0. The van der Waals surface area contributed by atoms with Crippen LogP contribution in [-0.2, 0) is 4.79 Å². The van der Waals surface area contributed by atoms with E-state index in [4.69, 9.17) is 4.42 Å². The Bertz CT molecular complexity index is 1110. The fourth-order valence-electron chi connectivity index (χ4n) is 2.38. The molecule has 0 saturated carbocycles. The number of para-hydroxylation sites is 1. The molecule has 8 heteroatoms. The third kappa shape index (κ3) is 4.11. The van der Waals surface area contributed by atoms with Gasteiger partial charge >= 0.3 is 0 Å². The molecular formula is C20H12FN3O4. The van der Waals surface area contributed by atoms with Crippen molar-refractivity contribution < 1.29 is 18.5 Å². The molecule has 0 bridgehead atoms. The molecule has 3 aromatic rings. The number of nitrogens with zero attached hydrogens (tertiary/aromatic N) is 2. The number of carbonyl (C=O) groups is 1. The van der Waals surface area contributed by atoms with Gasteiger partial charge < -0.3 is 9.73 Å². The second kappa shape index (κ2) is 7.97. The van der Waals surface area contributed by atoms with E-state index in [0.717, 1.165) is 0 Å². The lowest BCUT2D eigenvalue weighted by Crippen LogP contribution is -2.14. The molecule has 3 rings (SSSR count). The van der Waals surface area contributed by atoms with Crippen LogP contribution in [0, 0.1) is 27.3 Å². The largest absolute Gasteiger partial charge is 0.457 e. The summed E-state index contributed by atoms with van der Waals surface area (Å²) < 4.78 is 19.2. The van der Waals surface area contributed by atoms with Gasteiger partial charge in [-0.25, -0.2) is 4.39 Å². The van der Waals surface area contributed by atoms with Crippen molar-refractivity contribution in [1.82, 2.24) is 0 Å². The molecule has 0 saturated heterocycles. The average Bonchev–Trinajstić information content (AvgIpc) is 3.16. The summed E-state index contributed by atoms with van der Waals surface area (Å²) in [5.74, 6) is -0.756. The summed E-state index contributed by atoms with van der Waals surface area (Å²) in [5.41, 5.74) is 0.235. The first-order chi connectivity index (χ1) is 13.5. The topological polar surface area (TPSA) is 109 Å². The van der Waals surface area contributed by atoms with Crippen molar-refractivity contribution >= 4 is 23.4 Å². The fourth-order valence-corrected chi connectivity index (χ4v) is 2.38. The fraction of sp³-hybridized carbons (Fsp3) is 0. The lowest BCUT2D eigenvalue weighted by atomic mass is 10.1. The third-order valence-electron chi connectivity index (χ3n) is 3.76. The van der Waals surface area contributed by atoms with Crippen LogP contribution in [0.5, 0.6) is 0 Å². The van der Waals surface area contributed by atoms with Crippen LogP contribution in [0.4, 0.5) is 15.8 Å². The third-order valence-corrected chi connectivity index (χ3v) is 3.76. The molecule has 0 aliphatic carbocycles. The highest BCUT2D eigenvalue weighted by Crippen LogP contribution is 2.25. The van der Waals surface area contributed by atoms with Crippen LogP contribution in [-0.4, -0.2) is 10.8 Å². The van der Waals surface area contributed by atoms with Crippen LogP contribution in [0.2, 0.25) is 0 Å². The van der Waals surface area contributed by atoms with Gasteiger partial charge in [0.2, 0.25) is 0 Å². The van der Waals surface area contributed by atoms with E-state index in [1.54, 1.807) is 24.3 Å². The summed E-state index contributed by atoms with van der Waals surface area (Å²) in [4.78, 5) is 22.4. The lowest BCUT2D eigenvalue weighted by Gasteiger charge is -2.04. The number of nitrogens with one attached hydrogen (secondary N) is 1. The number of furan rings is 1. The molecule has 1 N–H and O–H groups in total. The van der Waals surface area contributed by atoms with Gasteiger partial charge in [0.15, 0.2) is 0 Å². The highest BCUT2D eigenvalue weighted by atomic mass is 19.1. The van der Waals surface area contributed by atoms with Crippen LogP contribution >= 0.6 is 0 Å². The number of nitriles is 1. The van der Waals surface area contributed by atoms with E-state index >= 15 is 0 Å². The molecule has 1 aromatic heterocycles. The van der Waals surface area contributed by atoms with Gasteiger partial charge in [-0.15, -0.1) is 0 Å². The number of amides is 1. The monoisotopic (exact) mass is 377 g/mol. The number of carbonyl (C=O) groups excluding carboxylic acids is 1. The van der Waals surface area contributed by atoms with Crippen molar-refractivity contribution in [3.8, 4) is 17.4 Å². The first-order valence-corrected chi connectivity index (χ1v) is 8.00. The van der Waals surface area contributed by atoms with Crippen molar-refractivity contribution in [3.63, 3.8) is 0 Å². The van der Waals surface area contributed by atoms with Crippen molar-refractivity contribution in [3.05, 3.63) is 87.9 Å². The number of non-ortho nitro benzene ring substituents is 1. The molecule has 1 amide bonds. The molecule has 7 nitrogen and oxygen atoms in total. The Hall–Kier alpha value is -4.25. The molecule has 0 unspecified atom stereocenters. The van der Waals surface area contributed by atoms with E-state index in [9.17, 15) is 24.6 Å². The number of rotatable bonds is 5. The minimum atomic E-state index is -0.777. The average molecular weight is 377 g/mol. The maximum atomic E-state index is 13.6. The van der Waals surface area contributed by atoms with Crippen LogP contribution < -0.4 is 5.32 Å². The molecule has 0 aliphatic rings. The van der Waals surface area contributed by atoms with Crippen molar-refractivity contribution in [1.29, 1.82) is 5.26 Å². The Kier molecular flexibility index (Phi) is 5.28. The minimum absolute atomic E-state index is 0.0420. The zero-order chi connectivity index (χ0) is 20.1. The molecule has 28 heavy (non-hydrogen) atoms. The Morgan fingerprint density at radius 2 is 1.86 bits per heavy atom. The first kappa shape index (κ1) is 18.5. The van der Waals surface area contributed by atoms with Gasteiger partial charge in [-0.05, 0) is 36.4 Å². The Morgan fingerprint density at radius 1 is 1.14 bits per heavy atom. The smallest absolute Gasteiger partial charge is 0.269 e. The van der Waals surface area contributed by atoms with E-state index in [-0.39, 0.29) is 22.7 Å². The summed E-state index contributed by atoms with van der Waals surface area (Å²) in [7, 11) is 0. The molecule has 2 aromatic carbocycles. The van der Waals surface area contributed by atoms with E-state index in [0.29, 0.717) is 11.3 Å². The van der Waals surface area contributed by atoms with E-state index in [2.05, 4.69) is 5.32 Å². The molecule has 0 aliphatic heterocycles. The molecule has 0 radical (unpaired) electrons. The molecular weight excluding hydrogens is 365 g/mol. The Labute approximate surface area is 158 Å². The number of halogens is 1. The Balaban J connectivity index is 1.80. The summed E-state index contributed by atoms with van der Waals surface area (Å²) in [6, 6.07) is 16.2. The van der Waals surface area contributed by atoms with Crippen LogP contribution in [0.3, 0.4) is 0 Å². The predicted molar refractivity (Wildman–Crippen MR) is 99.4 cm³/mol. The zero-order valence-corrected chi connectivity index (χ0v) is 14.3. The van der Waals surface area contributed by atoms with Gasteiger partial charge in [0.1, 0.15) is 29.0 Å². The number of nitro benzene ring substituents is 1. The number of hydrogen-bond donors (Lipinski definition) is 1. The van der Waals surface area contributed by atoms with E-state index in [1.807, 2.05) is 0 Å². The number of hydrogen-bond acceptors (Lipinski definition) is 5. The standard InChI is InChI=1S/C20H12FN3O4/c21-17-3-1-2-4-18(17)23-20(25)14(12-22)11-16-9-10-19(28-16)13-5-7-15(8-6-13)24(26)27/h1-11H,(H,23,25)/b14-11+. The van der Waals surface area contributed by atoms with Crippen LogP contribution in [0.1, 0.15) is 5.76 Å². The van der Waals surface area contributed by atoms with Crippen LogP contribution in [0.15, 0.2) is 70.7 Å². The van der Waals surface area contributed by atoms with Gasteiger partial charge in [0.25, 0.3) is 11.6 Å². The molecule has 0 fully saturated rings. The zero-order valence-electron chi connectivity index (χ0n) is 14.3. The van der Waals surface area contributed by atoms with Gasteiger partial charge in [0, 0.05) is 23.8 Å². The van der Waals surface area contributed by atoms with E-state index in [1.165, 1.54) is 48.5 Å². The van der Waals surface area contributed by atoms with Crippen molar-refractivity contribution in [2.75, 3.05) is 5.32 Å². The maximum Gasteiger partial charge on any atom is 0.269 e. The first-order valence-electron chi connectivity index (χ1n) is 8.00. The molecule has 0 spiro atoms. The highest BCUT2D eigenvalue weighted by Gasteiger charge is 2.13. The molecule has 1 heterocycles. The SMILES string of the molecule is N#C/C(=C\c1ccc(-c2ccc([N+](=O)[O-])cc2)o1)C(=O)Nc1ccccc1F. The van der Waals surface area contributed by atoms with Crippen molar-refractivity contribution in [2.24, 2.45) is 0 Å². The normalized spacial score (nSPS) is 10.9. The molecule has 138 valence electrons. The summed E-state index contributed by atoms with van der Waals surface area (Å²) in [6.07, 6.45) is 1.23. The number of benzene rings is 2. The van der Waals surface area contributed by atoms with Gasteiger partial charge in [-0.1, -0.05) is 12.1 Å². The van der Waals surface area contributed by atoms with Crippen LogP contribution in [0.25, 0.3) is 17.4 Å². The highest BCUT2D eigenvalue weighted by molar-refractivity contribution is 6.09. The quantitative estimate of drug-likeness (QED) is 0.304. The van der Waals surface area contributed by atoms with Gasteiger partial charge in [0.05, 0.1) is 10.6 Å². The number of anilines is 1. The summed E-state index contributed by atoms with van der Waals surface area (Å²) in [6.45, 7) is 0. The van der Waals surface area contributed by atoms with E-state index < -0.39 is 16.6 Å². The summed E-state index contributed by atoms with van der Waals surface area (Å²) in [5, 5.41) is 22.3. The Morgan fingerprint density at radius 3 is 2.50 bits per heavy atom. The lowest BCUT2D eigenvalue weighted by molar-refractivity contribution is -0.384. The second-order valence-electron chi connectivity index (χ2n) is 5.61. The number of nitro groups is 1. The predicted octanol–water partition coefficient (Wildman–Crippen LogP) is 4.54. The molecule has 0 atom stereocenters. The maximum absolute atomic E-state index is 13.6. The second-order valence-corrected chi connectivity index (χ2v) is 5.61. The minimum Gasteiger partial charge on any atom is -0.457 e. The van der Waals surface area contributed by atoms with Crippen molar-refractivity contribution in [2.45, 2.75) is 0 Å². The van der Waals surface area contributed by atoms with Gasteiger partial charge in [-0.2, -0.15) is 5.26 Å².